The smallest absolute Gasteiger partial charge is 0.0506 e. The van der Waals surface area contributed by atoms with Gasteiger partial charge in [0.1, 0.15) is 0 Å². The van der Waals surface area contributed by atoms with Crippen LogP contribution < -0.4 is 0 Å². The monoisotopic (exact) mass is 183 g/mol. The van der Waals surface area contributed by atoms with Gasteiger partial charge < -0.3 is 0 Å². The predicted molar refractivity (Wildman–Crippen MR) is 60.2 cm³/mol. The highest BCUT2D eigenvalue weighted by molar-refractivity contribution is 5.77. The molecule has 0 nitrogen and oxygen atoms in total. The second-order valence-electron chi connectivity index (χ2n) is 4.41. The van der Waals surface area contributed by atoms with Crippen LogP contribution in [0, 0.1) is 13.8 Å². The van der Waals surface area contributed by atoms with Crippen molar-refractivity contribution in [1.29, 1.82) is 0 Å². The molecule has 72 valence electrons. The van der Waals surface area contributed by atoms with Crippen LogP contribution in [-0.4, -0.2) is 0 Å². The molecule has 14 heavy (non-hydrogen) atoms. The number of rotatable bonds is 0. The predicted octanol–water partition coefficient (Wildman–Crippen LogP) is 3.62. The molecule has 3 aliphatic carbocycles. The highest BCUT2D eigenvalue weighted by atomic mass is 14.3. The van der Waals surface area contributed by atoms with E-state index < -0.39 is 0 Å². The molecule has 0 bridgehead atoms. The molecule has 0 N–H and O–H groups in total. The third kappa shape index (κ3) is 0.863. The molecule has 0 saturated carbocycles. The van der Waals surface area contributed by atoms with Crippen molar-refractivity contribution in [1.82, 2.24) is 0 Å². The van der Waals surface area contributed by atoms with E-state index in [-0.39, 0.29) is 0 Å². The summed E-state index contributed by atoms with van der Waals surface area (Å²) in [6.45, 7) is 4.57. The summed E-state index contributed by atoms with van der Waals surface area (Å²) in [7, 11) is 0. The summed E-state index contributed by atoms with van der Waals surface area (Å²) in [6.07, 6.45) is 3.94. The first-order chi connectivity index (χ1) is 6.79. The number of fused-ring (bicyclic) bond motifs is 2. The van der Waals surface area contributed by atoms with Gasteiger partial charge in [-0.15, -0.1) is 33.9 Å². The van der Waals surface area contributed by atoms with Gasteiger partial charge in [-0.1, -0.05) is 45.2 Å². The second-order valence-corrected chi connectivity index (χ2v) is 4.41. The zero-order valence-corrected chi connectivity index (χ0v) is 8.85. The lowest BCUT2D eigenvalue weighted by Crippen LogP contribution is -1.96. The van der Waals surface area contributed by atoms with E-state index in [0.29, 0.717) is 0 Å². The molecular weight excluding hydrogens is 168 g/mol. The van der Waals surface area contributed by atoms with Crippen LogP contribution >= 0.6 is 0 Å². The molecule has 0 atom stereocenters. The first-order valence-corrected chi connectivity index (χ1v) is 5.45. The van der Waals surface area contributed by atoms with Crippen LogP contribution in [-0.2, 0) is 12.8 Å². The van der Waals surface area contributed by atoms with Crippen molar-refractivity contribution in [3.63, 3.8) is 0 Å². The van der Waals surface area contributed by atoms with Gasteiger partial charge in [-0.2, -0.15) is 5.56 Å². The maximum atomic E-state index is 2.28. The SMILES string of the molecule is Cc1c2cccc-2c(C)[c-]2c1CCC2. The molecule has 0 spiro atoms. The molecule has 0 radical (unpaired) electrons. The summed E-state index contributed by atoms with van der Waals surface area (Å²) < 4.78 is 0. The van der Waals surface area contributed by atoms with Crippen molar-refractivity contribution < 1.29 is 0 Å². The minimum atomic E-state index is 1.29. The van der Waals surface area contributed by atoms with Crippen LogP contribution in [0.1, 0.15) is 28.7 Å². The van der Waals surface area contributed by atoms with Crippen molar-refractivity contribution in [3.8, 4) is 11.1 Å². The van der Waals surface area contributed by atoms with Gasteiger partial charge in [0, 0.05) is 0 Å². The molecule has 0 aromatic heterocycles. The van der Waals surface area contributed by atoms with E-state index in [9.17, 15) is 0 Å². The van der Waals surface area contributed by atoms with E-state index in [4.69, 9.17) is 0 Å². The van der Waals surface area contributed by atoms with Crippen LogP contribution in [0.15, 0.2) is 18.2 Å². The quantitative estimate of drug-likeness (QED) is 0.547. The molecule has 0 saturated heterocycles. The molecule has 3 aliphatic rings. The zero-order valence-electron chi connectivity index (χ0n) is 8.85. The average molecular weight is 183 g/mol. The zero-order chi connectivity index (χ0) is 9.71. The Morgan fingerprint density at radius 2 is 1.93 bits per heavy atom. The lowest BCUT2D eigenvalue weighted by molar-refractivity contribution is 0.907. The standard InChI is InChI=1S/C14H15/c1-9-11-5-3-7-13(11)10(2)14-8-4-6-12(9)14/h3,5,7H,4,6,8H2,1-2H3/q-1. The van der Waals surface area contributed by atoms with E-state index in [1.165, 1.54) is 41.5 Å². The van der Waals surface area contributed by atoms with Crippen LogP contribution in [0.4, 0.5) is 0 Å². The van der Waals surface area contributed by atoms with E-state index in [2.05, 4.69) is 32.0 Å². The lowest BCUT2D eigenvalue weighted by atomic mass is 9.90. The third-order valence-corrected chi connectivity index (χ3v) is 3.75. The van der Waals surface area contributed by atoms with Crippen LogP contribution in [0.3, 0.4) is 0 Å². The van der Waals surface area contributed by atoms with Gasteiger partial charge in [0.15, 0.2) is 0 Å². The molecule has 0 aromatic carbocycles. The van der Waals surface area contributed by atoms with Crippen molar-refractivity contribution in [2.24, 2.45) is 0 Å². The fourth-order valence-electron chi connectivity index (χ4n) is 2.97. The summed E-state index contributed by atoms with van der Waals surface area (Å²) in [6, 6.07) is 6.70. The Bertz CT molecular complexity index is 419. The number of hydrogen-bond donors (Lipinski definition) is 0. The molecule has 0 aliphatic heterocycles. The minimum Gasteiger partial charge on any atom is -0.151 e. The molecular formula is C14H15-. The molecule has 0 heteroatoms. The summed E-state index contributed by atoms with van der Waals surface area (Å²) in [5.41, 5.74) is 9.29. The van der Waals surface area contributed by atoms with Crippen molar-refractivity contribution in [2.75, 3.05) is 0 Å². The second kappa shape index (κ2) is 2.66. The van der Waals surface area contributed by atoms with Crippen molar-refractivity contribution >= 4 is 0 Å². The Morgan fingerprint density at radius 3 is 2.79 bits per heavy atom. The highest BCUT2D eigenvalue weighted by Crippen LogP contribution is 2.39. The molecule has 0 heterocycles. The van der Waals surface area contributed by atoms with Gasteiger partial charge >= 0.3 is 0 Å². The number of hydrogen-bond acceptors (Lipinski definition) is 0. The summed E-state index contributed by atoms with van der Waals surface area (Å²) >= 11 is 0. The average Bonchev–Trinajstić information content (AvgIpc) is 2.82. The molecule has 0 unspecified atom stereocenters. The maximum absolute atomic E-state index is 2.28. The van der Waals surface area contributed by atoms with E-state index in [1.54, 1.807) is 11.1 Å². The fraction of sp³-hybridized carbons (Fsp3) is 0.357. The summed E-state index contributed by atoms with van der Waals surface area (Å²) in [5.74, 6) is 0. The Balaban J connectivity index is 2.45. The van der Waals surface area contributed by atoms with E-state index in [1.807, 2.05) is 0 Å². The summed E-state index contributed by atoms with van der Waals surface area (Å²) in [4.78, 5) is 0. The molecule has 3 rings (SSSR count). The van der Waals surface area contributed by atoms with Gasteiger partial charge in [-0.25, -0.2) is 0 Å². The Hall–Kier alpha value is -1.17. The molecule has 0 amide bonds. The third-order valence-electron chi connectivity index (χ3n) is 3.75. The van der Waals surface area contributed by atoms with Gasteiger partial charge in [0.2, 0.25) is 0 Å². The molecule has 0 aromatic rings. The van der Waals surface area contributed by atoms with Gasteiger partial charge in [-0.05, 0) is 0 Å². The Morgan fingerprint density at radius 1 is 1.14 bits per heavy atom. The van der Waals surface area contributed by atoms with Crippen LogP contribution in [0.25, 0.3) is 11.1 Å². The molecule has 0 fully saturated rings. The largest absolute Gasteiger partial charge is 0.151 e. The highest BCUT2D eigenvalue weighted by Gasteiger charge is 2.13. The van der Waals surface area contributed by atoms with Gasteiger partial charge in [-0.3, -0.25) is 0 Å². The van der Waals surface area contributed by atoms with Crippen molar-refractivity contribution in [2.45, 2.75) is 33.1 Å². The number of benzene rings is 1. The maximum Gasteiger partial charge on any atom is -0.0506 e. The van der Waals surface area contributed by atoms with Crippen LogP contribution in [0.5, 0.6) is 0 Å². The Labute approximate surface area is 85.3 Å². The van der Waals surface area contributed by atoms with Crippen LogP contribution in [0.2, 0.25) is 0 Å². The van der Waals surface area contributed by atoms with E-state index in [0.717, 1.165) is 0 Å². The first kappa shape index (κ1) is 8.16. The lowest BCUT2D eigenvalue weighted by Gasteiger charge is -2.24. The fourth-order valence-corrected chi connectivity index (χ4v) is 2.97. The Kier molecular flexibility index (Phi) is 1.55. The van der Waals surface area contributed by atoms with Gasteiger partial charge in [0.25, 0.3) is 0 Å². The van der Waals surface area contributed by atoms with Gasteiger partial charge in [0.05, 0.1) is 0 Å². The minimum absolute atomic E-state index is 1.29. The topological polar surface area (TPSA) is 0 Å². The summed E-state index contributed by atoms with van der Waals surface area (Å²) in [5, 5.41) is 0. The first-order valence-electron chi connectivity index (χ1n) is 5.45. The van der Waals surface area contributed by atoms with Crippen molar-refractivity contribution in [3.05, 3.63) is 40.5 Å². The van der Waals surface area contributed by atoms with E-state index >= 15 is 0 Å². The normalized spacial score (nSPS) is 15.0.